The van der Waals surface area contributed by atoms with Gasteiger partial charge in [-0.3, -0.25) is 0 Å². The summed E-state index contributed by atoms with van der Waals surface area (Å²) in [4.78, 5) is 0. The highest BCUT2D eigenvalue weighted by Crippen LogP contribution is 2.43. The number of hydrogen-bond acceptors (Lipinski definition) is 4. The van der Waals surface area contributed by atoms with E-state index in [-0.39, 0.29) is 0 Å². The first-order chi connectivity index (χ1) is 6.43. The van der Waals surface area contributed by atoms with Crippen LogP contribution in [0.3, 0.4) is 0 Å². The fraction of sp³-hybridized carbons (Fsp3) is 0.778. The Kier molecular flexibility index (Phi) is 1.82. The largest absolute Gasteiger partial charge is 0.424 e. The second kappa shape index (κ2) is 3.01. The molecule has 3 rings (SSSR count). The molecule has 1 unspecified atom stereocenters. The van der Waals surface area contributed by atoms with Crippen LogP contribution in [0.25, 0.3) is 0 Å². The lowest BCUT2D eigenvalue weighted by Crippen LogP contribution is -1.87. The minimum Gasteiger partial charge on any atom is -0.424 e. The van der Waals surface area contributed by atoms with Crippen LogP contribution in [0.4, 0.5) is 0 Å². The van der Waals surface area contributed by atoms with Crippen molar-refractivity contribution < 1.29 is 4.42 Å². The average Bonchev–Trinajstić information content (AvgIpc) is 2.72. The van der Waals surface area contributed by atoms with Gasteiger partial charge in [0.25, 0.3) is 0 Å². The molecular weight excluding hydrogens is 184 g/mol. The Morgan fingerprint density at radius 3 is 2.69 bits per heavy atom. The molecule has 0 spiro atoms. The van der Waals surface area contributed by atoms with Crippen LogP contribution in [-0.2, 0) is 0 Å². The van der Waals surface area contributed by atoms with Gasteiger partial charge in [-0.05, 0) is 31.4 Å². The molecule has 0 N–H and O–H groups in total. The number of nitrogens with zero attached hydrogens (tertiary/aromatic N) is 2. The molecular formula is C9H12N2OS. The fourth-order valence-corrected chi connectivity index (χ4v) is 2.83. The number of rotatable bonds is 2. The third-order valence-electron chi connectivity index (χ3n) is 2.59. The van der Waals surface area contributed by atoms with Crippen LogP contribution in [0.2, 0.25) is 0 Å². The van der Waals surface area contributed by atoms with E-state index in [0.717, 1.165) is 11.8 Å². The van der Waals surface area contributed by atoms with Crippen molar-refractivity contribution >= 4 is 11.8 Å². The molecule has 0 amide bonds. The summed E-state index contributed by atoms with van der Waals surface area (Å²) >= 11 is 1.94. The molecule has 1 atom stereocenters. The van der Waals surface area contributed by atoms with E-state index in [2.05, 4.69) is 10.2 Å². The molecule has 1 aromatic rings. The van der Waals surface area contributed by atoms with E-state index in [0.29, 0.717) is 11.2 Å². The Balaban J connectivity index is 1.79. The third-order valence-corrected chi connectivity index (χ3v) is 3.95. The molecule has 2 aliphatic rings. The van der Waals surface area contributed by atoms with Gasteiger partial charge in [0, 0.05) is 5.92 Å². The van der Waals surface area contributed by atoms with Gasteiger partial charge < -0.3 is 4.42 Å². The molecule has 1 aliphatic heterocycles. The van der Waals surface area contributed by atoms with Gasteiger partial charge in [0.1, 0.15) is 0 Å². The Labute approximate surface area is 81.3 Å². The maximum atomic E-state index is 5.65. The number of thioether (sulfide) groups is 1. The zero-order valence-electron chi connectivity index (χ0n) is 7.40. The molecule has 1 aliphatic carbocycles. The van der Waals surface area contributed by atoms with Gasteiger partial charge in [-0.1, -0.05) is 0 Å². The highest BCUT2D eigenvalue weighted by Gasteiger charge is 2.31. The molecule has 2 heterocycles. The topological polar surface area (TPSA) is 38.9 Å². The van der Waals surface area contributed by atoms with Crippen LogP contribution < -0.4 is 0 Å². The Morgan fingerprint density at radius 2 is 2.00 bits per heavy atom. The Hall–Kier alpha value is -0.510. The van der Waals surface area contributed by atoms with Crippen LogP contribution in [-0.4, -0.2) is 16.0 Å². The molecule has 1 saturated carbocycles. The summed E-state index contributed by atoms with van der Waals surface area (Å²) in [6.45, 7) is 0. The molecule has 0 bridgehead atoms. The van der Waals surface area contributed by atoms with Gasteiger partial charge in [-0.15, -0.1) is 22.0 Å². The first-order valence-electron chi connectivity index (χ1n) is 4.88. The van der Waals surface area contributed by atoms with E-state index >= 15 is 0 Å². The lowest BCUT2D eigenvalue weighted by Gasteiger charge is -1.99. The highest BCUT2D eigenvalue weighted by atomic mass is 32.2. The van der Waals surface area contributed by atoms with Crippen molar-refractivity contribution in [3.63, 3.8) is 0 Å². The van der Waals surface area contributed by atoms with Gasteiger partial charge in [0.05, 0.1) is 5.25 Å². The molecule has 0 radical (unpaired) electrons. The van der Waals surface area contributed by atoms with E-state index in [1.165, 1.54) is 31.4 Å². The number of aromatic nitrogens is 2. The van der Waals surface area contributed by atoms with Crippen molar-refractivity contribution in [2.24, 2.45) is 0 Å². The van der Waals surface area contributed by atoms with Crippen LogP contribution >= 0.6 is 11.8 Å². The third kappa shape index (κ3) is 1.47. The van der Waals surface area contributed by atoms with Crippen molar-refractivity contribution in [1.29, 1.82) is 0 Å². The summed E-state index contributed by atoms with van der Waals surface area (Å²) in [6, 6.07) is 0. The predicted molar refractivity (Wildman–Crippen MR) is 50.7 cm³/mol. The summed E-state index contributed by atoms with van der Waals surface area (Å²) in [5.74, 6) is 3.57. The van der Waals surface area contributed by atoms with Gasteiger partial charge in [-0.25, -0.2) is 0 Å². The zero-order valence-corrected chi connectivity index (χ0v) is 8.22. The highest BCUT2D eigenvalue weighted by molar-refractivity contribution is 7.99. The van der Waals surface area contributed by atoms with Crippen molar-refractivity contribution in [2.45, 2.75) is 36.9 Å². The summed E-state index contributed by atoms with van der Waals surface area (Å²) < 4.78 is 5.65. The minimum absolute atomic E-state index is 0.486. The minimum atomic E-state index is 0.486. The fourth-order valence-electron chi connectivity index (χ4n) is 1.64. The zero-order chi connectivity index (χ0) is 8.67. The monoisotopic (exact) mass is 196 g/mol. The van der Waals surface area contributed by atoms with Crippen LogP contribution in [0.5, 0.6) is 0 Å². The summed E-state index contributed by atoms with van der Waals surface area (Å²) in [5.41, 5.74) is 0. The SMILES string of the molecule is C1CSC(c2nnc(C3CC3)o2)C1. The molecule has 0 aromatic carbocycles. The summed E-state index contributed by atoms with van der Waals surface area (Å²) in [7, 11) is 0. The molecule has 1 saturated heterocycles. The predicted octanol–water partition coefficient (Wildman–Crippen LogP) is 2.52. The smallest absolute Gasteiger partial charge is 0.229 e. The normalized spacial score (nSPS) is 28.2. The molecule has 70 valence electrons. The van der Waals surface area contributed by atoms with Gasteiger partial charge in [0.15, 0.2) is 0 Å². The molecule has 3 nitrogen and oxygen atoms in total. The molecule has 13 heavy (non-hydrogen) atoms. The standard InChI is InChI=1S/C9H12N2OS/c1-2-7(13-5-1)9-11-10-8(12-9)6-3-4-6/h6-7H,1-5H2. The van der Waals surface area contributed by atoms with Gasteiger partial charge in [0.2, 0.25) is 11.8 Å². The van der Waals surface area contributed by atoms with Crippen LogP contribution in [0, 0.1) is 0 Å². The lowest BCUT2D eigenvalue weighted by atomic mass is 10.2. The van der Waals surface area contributed by atoms with Crippen molar-refractivity contribution in [2.75, 3.05) is 5.75 Å². The second-order valence-corrected chi connectivity index (χ2v) is 5.07. The van der Waals surface area contributed by atoms with E-state index in [1.807, 2.05) is 11.8 Å². The maximum absolute atomic E-state index is 5.65. The van der Waals surface area contributed by atoms with E-state index in [4.69, 9.17) is 4.42 Å². The van der Waals surface area contributed by atoms with Crippen molar-refractivity contribution in [1.82, 2.24) is 10.2 Å². The summed E-state index contributed by atoms with van der Waals surface area (Å²) in [6.07, 6.45) is 4.96. The quantitative estimate of drug-likeness (QED) is 0.728. The second-order valence-electron chi connectivity index (χ2n) is 3.75. The summed E-state index contributed by atoms with van der Waals surface area (Å²) in [5, 5.41) is 8.70. The van der Waals surface area contributed by atoms with E-state index in [9.17, 15) is 0 Å². The van der Waals surface area contributed by atoms with Crippen molar-refractivity contribution in [3.8, 4) is 0 Å². The first-order valence-corrected chi connectivity index (χ1v) is 5.93. The molecule has 2 fully saturated rings. The Bertz CT molecular complexity index is 302. The average molecular weight is 196 g/mol. The molecule has 4 heteroatoms. The molecule has 1 aromatic heterocycles. The Morgan fingerprint density at radius 1 is 1.15 bits per heavy atom. The first kappa shape index (κ1) is 7.85. The maximum Gasteiger partial charge on any atom is 0.229 e. The number of hydrogen-bond donors (Lipinski definition) is 0. The van der Waals surface area contributed by atoms with Crippen LogP contribution in [0.1, 0.15) is 48.6 Å². The lowest BCUT2D eigenvalue weighted by molar-refractivity contribution is 0.445. The van der Waals surface area contributed by atoms with Gasteiger partial charge >= 0.3 is 0 Å². The van der Waals surface area contributed by atoms with Crippen LogP contribution in [0.15, 0.2) is 4.42 Å². The van der Waals surface area contributed by atoms with E-state index in [1.54, 1.807) is 0 Å². The van der Waals surface area contributed by atoms with E-state index < -0.39 is 0 Å². The van der Waals surface area contributed by atoms with Gasteiger partial charge in [-0.2, -0.15) is 0 Å². The van der Waals surface area contributed by atoms with Crippen molar-refractivity contribution in [3.05, 3.63) is 11.8 Å².